The number of aryl methyl sites for hydroxylation is 1. The monoisotopic (exact) mass is 326 g/mol. The van der Waals surface area contributed by atoms with Gasteiger partial charge in [-0.3, -0.25) is 9.48 Å². The Hall–Kier alpha value is -2.30. The minimum atomic E-state index is 0.134. The van der Waals surface area contributed by atoms with Gasteiger partial charge in [0, 0.05) is 45.7 Å². The average Bonchev–Trinajstić information content (AvgIpc) is 3.29. The number of benzene rings is 1. The molecule has 1 saturated carbocycles. The lowest BCUT2D eigenvalue weighted by molar-refractivity contribution is -0.129. The Labute approximate surface area is 143 Å². The van der Waals surface area contributed by atoms with Crippen LogP contribution in [-0.4, -0.2) is 41.2 Å². The summed E-state index contributed by atoms with van der Waals surface area (Å²) in [5, 5.41) is 4.75. The van der Waals surface area contributed by atoms with Crippen molar-refractivity contribution in [2.75, 3.05) is 25.5 Å². The highest BCUT2D eigenvalue weighted by Crippen LogP contribution is 2.34. The van der Waals surface area contributed by atoms with Crippen LogP contribution in [0.2, 0.25) is 0 Å². The topological polar surface area (TPSA) is 41.4 Å². The lowest BCUT2D eigenvalue weighted by atomic mass is 10.1. The molecule has 3 rings (SSSR count). The van der Waals surface area contributed by atoms with Crippen molar-refractivity contribution in [1.82, 2.24) is 14.7 Å². The zero-order chi connectivity index (χ0) is 17.3. The van der Waals surface area contributed by atoms with E-state index < -0.39 is 0 Å². The summed E-state index contributed by atoms with van der Waals surface area (Å²) in [7, 11) is 6.01. The van der Waals surface area contributed by atoms with Gasteiger partial charge in [0.1, 0.15) is 5.82 Å². The smallest absolute Gasteiger partial charge is 0.219 e. The van der Waals surface area contributed by atoms with Gasteiger partial charge in [-0.25, -0.2) is 0 Å². The van der Waals surface area contributed by atoms with Crippen molar-refractivity contribution in [3.05, 3.63) is 35.9 Å². The highest BCUT2D eigenvalue weighted by molar-refractivity contribution is 5.75. The SMILES string of the molecule is CC(=O)N(Cc1c(-c2ccccc2)nn(C)c1N(C)C)CC1CC1. The van der Waals surface area contributed by atoms with Gasteiger partial charge in [-0.2, -0.15) is 5.10 Å². The van der Waals surface area contributed by atoms with Crippen molar-refractivity contribution in [1.29, 1.82) is 0 Å². The molecule has 0 spiro atoms. The van der Waals surface area contributed by atoms with Crippen molar-refractivity contribution >= 4 is 11.7 Å². The van der Waals surface area contributed by atoms with E-state index in [9.17, 15) is 4.79 Å². The number of amides is 1. The molecule has 0 radical (unpaired) electrons. The first-order chi connectivity index (χ1) is 11.5. The third kappa shape index (κ3) is 3.45. The Bertz CT molecular complexity index is 716. The second kappa shape index (κ2) is 6.67. The fraction of sp³-hybridized carbons (Fsp3) is 0.474. The van der Waals surface area contributed by atoms with Crippen LogP contribution in [0.25, 0.3) is 11.3 Å². The van der Waals surface area contributed by atoms with Crippen LogP contribution in [0.4, 0.5) is 5.82 Å². The quantitative estimate of drug-likeness (QED) is 0.819. The second-order valence-corrected chi connectivity index (χ2v) is 6.88. The molecular formula is C19H26N4O. The molecule has 24 heavy (non-hydrogen) atoms. The predicted molar refractivity (Wildman–Crippen MR) is 96.8 cm³/mol. The van der Waals surface area contributed by atoms with Crippen molar-refractivity contribution in [2.24, 2.45) is 13.0 Å². The van der Waals surface area contributed by atoms with E-state index in [-0.39, 0.29) is 5.91 Å². The van der Waals surface area contributed by atoms with Crippen LogP contribution in [-0.2, 0) is 18.4 Å². The summed E-state index contributed by atoms with van der Waals surface area (Å²) in [5.74, 6) is 1.86. The average molecular weight is 326 g/mol. The van der Waals surface area contributed by atoms with Gasteiger partial charge in [-0.1, -0.05) is 30.3 Å². The van der Waals surface area contributed by atoms with Crippen LogP contribution >= 0.6 is 0 Å². The number of anilines is 1. The largest absolute Gasteiger partial charge is 0.363 e. The minimum Gasteiger partial charge on any atom is -0.363 e. The summed E-state index contributed by atoms with van der Waals surface area (Å²) in [5.41, 5.74) is 3.17. The van der Waals surface area contributed by atoms with Gasteiger partial charge in [0.25, 0.3) is 0 Å². The van der Waals surface area contributed by atoms with E-state index in [4.69, 9.17) is 5.10 Å². The fourth-order valence-corrected chi connectivity index (χ4v) is 3.20. The fourth-order valence-electron chi connectivity index (χ4n) is 3.20. The van der Waals surface area contributed by atoms with E-state index in [1.807, 2.05) is 48.9 Å². The Balaban J connectivity index is 2.01. The van der Waals surface area contributed by atoms with Crippen LogP contribution < -0.4 is 4.90 Å². The van der Waals surface area contributed by atoms with Crippen LogP contribution in [0.15, 0.2) is 30.3 Å². The lowest BCUT2D eigenvalue weighted by Gasteiger charge is -2.23. The van der Waals surface area contributed by atoms with Crippen LogP contribution in [0.5, 0.6) is 0 Å². The molecule has 0 aliphatic heterocycles. The Kier molecular flexibility index (Phi) is 4.60. The van der Waals surface area contributed by atoms with E-state index in [1.165, 1.54) is 12.8 Å². The number of nitrogens with zero attached hydrogens (tertiary/aromatic N) is 4. The van der Waals surface area contributed by atoms with E-state index in [0.29, 0.717) is 12.5 Å². The number of carbonyl (C=O) groups is 1. The number of carbonyl (C=O) groups excluding carboxylic acids is 1. The third-order valence-electron chi connectivity index (χ3n) is 4.55. The zero-order valence-electron chi connectivity index (χ0n) is 15.0. The van der Waals surface area contributed by atoms with Crippen molar-refractivity contribution in [3.8, 4) is 11.3 Å². The maximum Gasteiger partial charge on any atom is 0.219 e. The van der Waals surface area contributed by atoms with Gasteiger partial charge in [0.2, 0.25) is 5.91 Å². The van der Waals surface area contributed by atoms with Gasteiger partial charge < -0.3 is 9.80 Å². The molecule has 5 heteroatoms. The van der Waals surface area contributed by atoms with Gasteiger partial charge in [0.15, 0.2) is 0 Å². The Morgan fingerprint density at radius 1 is 1.25 bits per heavy atom. The number of hydrogen-bond acceptors (Lipinski definition) is 3. The first-order valence-electron chi connectivity index (χ1n) is 8.51. The molecular weight excluding hydrogens is 300 g/mol. The zero-order valence-corrected chi connectivity index (χ0v) is 15.0. The first kappa shape index (κ1) is 16.6. The van der Waals surface area contributed by atoms with Crippen LogP contribution in [0.3, 0.4) is 0 Å². The summed E-state index contributed by atoms with van der Waals surface area (Å²) in [6.45, 7) is 3.12. The third-order valence-corrected chi connectivity index (χ3v) is 4.55. The van der Waals surface area contributed by atoms with Crippen LogP contribution in [0.1, 0.15) is 25.3 Å². The molecule has 1 aromatic heterocycles. The van der Waals surface area contributed by atoms with E-state index in [1.54, 1.807) is 6.92 Å². The van der Waals surface area contributed by atoms with Crippen molar-refractivity contribution in [2.45, 2.75) is 26.3 Å². The lowest BCUT2D eigenvalue weighted by Crippen LogP contribution is -2.31. The summed E-state index contributed by atoms with van der Waals surface area (Å²) >= 11 is 0. The molecule has 1 aliphatic rings. The predicted octanol–water partition coefficient (Wildman–Crippen LogP) is 2.91. The van der Waals surface area contributed by atoms with Gasteiger partial charge in [-0.05, 0) is 18.8 Å². The van der Waals surface area contributed by atoms with Crippen molar-refractivity contribution in [3.63, 3.8) is 0 Å². The number of aromatic nitrogens is 2. The van der Waals surface area contributed by atoms with Crippen molar-refractivity contribution < 1.29 is 4.79 Å². The number of rotatable bonds is 6. The summed E-state index contributed by atoms with van der Waals surface area (Å²) in [4.78, 5) is 16.2. The molecule has 128 valence electrons. The second-order valence-electron chi connectivity index (χ2n) is 6.88. The maximum absolute atomic E-state index is 12.1. The van der Waals surface area contributed by atoms with Crippen LogP contribution in [0, 0.1) is 5.92 Å². The molecule has 1 heterocycles. The summed E-state index contributed by atoms with van der Waals surface area (Å²) in [6, 6.07) is 10.2. The van der Waals surface area contributed by atoms with Gasteiger partial charge in [0.05, 0.1) is 12.2 Å². The molecule has 1 aliphatic carbocycles. The molecule has 0 unspecified atom stereocenters. The van der Waals surface area contributed by atoms with Gasteiger partial charge >= 0.3 is 0 Å². The highest BCUT2D eigenvalue weighted by atomic mass is 16.2. The molecule has 0 bridgehead atoms. The Morgan fingerprint density at radius 3 is 2.46 bits per heavy atom. The number of hydrogen-bond donors (Lipinski definition) is 0. The molecule has 0 atom stereocenters. The van der Waals surface area contributed by atoms with Gasteiger partial charge in [-0.15, -0.1) is 0 Å². The minimum absolute atomic E-state index is 0.134. The summed E-state index contributed by atoms with van der Waals surface area (Å²) < 4.78 is 1.91. The standard InChI is InChI=1S/C19H26N4O/c1-14(24)23(12-15-10-11-15)13-17-18(16-8-6-5-7-9-16)20-22(4)19(17)21(2)3/h5-9,15H,10-13H2,1-4H3. The molecule has 1 aromatic carbocycles. The van der Waals surface area contributed by atoms with E-state index in [0.717, 1.165) is 29.2 Å². The molecule has 1 fully saturated rings. The molecule has 0 N–H and O–H groups in total. The normalized spacial score (nSPS) is 13.8. The van der Waals surface area contributed by atoms with E-state index in [2.05, 4.69) is 17.0 Å². The summed E-state index contributed by atoms with van der Waals surface area (Å²) in [6.07, 6.45) is 2.48. The molecule has 2 aromatic rings. The molecule has 1 amide bonds. The van der Waals surface area contributed by atoms with E-state index >= 15 is 0 Å². The first-order valence-corrected chi connectivity index (χ1v) is 8.51. The maximum atomic E-state index is 12.1. The molecule has 5 nitrogen and oxygen atoms in total. The highest BCUT2D eigenvalue weighted by Gasteiger charge is 2.28. The molecule has 0 saturated heterocycles. The Morgan fingerprint density at radius 2 is 1.92 bits per heavy atom.